The first-order valence-electron chi connectivity index (χ1n) is 10.8. The largest absolute Gasteiger partial charge is 0.465 e. The van der Waals surface area contributed by atoms with Gasteiger partial charge in [-0.25, -0.2) is 0 Å². The van der Waals surface area contributed by atoms with E-state index < -0.39 is 0 Å². The van der Waals surface area contributed by atoms with Crippen LogP contribution in [0.3, 0.4) is 0 Å². The quantitative estimate of drug-likeness (QED) is 0.441. The fourth-order valence-electron chi connectivity index (χ4n) is 3.59. The lowest BCUT2D eigenvalue weighted by Crippen LogP contribution is -2.00. The first kappa shape index (κ1) is 25.4. The third kappa shape index (κ3) is 12.7. The van der Waals surface area contributed by atoms with E-state index in [1.807, 2.05) is 6.92 Å². The molecule has 2 atom stereocenters. The molecule has 2 saturated heterocycles. The van der Waals surface area contributed by atoms with Crippen LogP contribution in [0.25, 0.3) is 0 Å². The van der Waals surface area contributed by atoms with Crippen molar-refractivity contribution >= 4 is 5.97 Å². The molecule has 2 unspecified atom stereocenters. The van der Waals surface area contributed by atoms with Gasteiger partial charge in [-0.2, -0.15) is 0 Å². The molecule has 4 aliphatic rings. The normalized spacial score (nSPS) is 27.9. The van der Waals surface area contributed by atoms with Crippen LogP contribution in [0.1, 0.15) is 106 Å². The van der Waals surface area contributed by atoms with Crippen LogP contribution in [-0.2, 0) is 14.3 Å². The van der Waals surface area contributed by atoms with Gasteiger partial charge in [0.2, 0.25) is 0 Å². The highest BCUT2D eigenvalue weighted by molar-refractivity contribution is 5.73. The molecule has 0 aromatic carbocycles. The second-order valence-corrected chi connectivity index (χ2v) is 8.46. The summed E-state index contributed by atoms with van der Waals surface area (Å²) in [4.78, 5) is 10.4. The average molecular weight is 371 g/mol. The minimum atomic E-state index is -0.0417. The van der Waals surface area contributed by atoms with Gasteiger partial charge in [0.05, 0.1) is 18.6 Å². The van der Waals surface area contributed by atoms with Crippen molar-refractivity contribution in [1.29, 1.82) is 0 Å². The predicted octanol–water partition coefficient (Wildman–Crippen LogP) is 6.78. The number of carbonyl (C=O) groups is 1. The second-order valence-electron chi connectivity index (χ2n) is 8.46. The maximum Gasteiger partial charge on any atom is 0.308 e. The van der Waals surface area contributed by atoms with Gasteiger partial charge in [-0.15, -0.1) is 0 Å². The zero-order valence-corrected chi connectivity index (χ0v) is 17.2. The van der Waals surface area contributed by atoms with Crippen LogP contribution in [0, 0.1) is 17.8 Å². The monoisotopic (exact) mass is 370 g/mol. The van der Waals surface area contributed by atoms with Crippen LogP contribution in [0.2, 0.25) is 0 Å². The standard InChI is InChI=1S/2C6H12.C5H8O2.C5H10O.CH4/c2*1-6-4-2-3-5-6;1-4-2-3-7-5(4)6;1-5-3-2-4-6-5;/h2*6H,2-5H2,1H3;4H,2-3H2,1H3;5H,2-4H2,1H3;1H4. The summed E-state index contributed by atoms with van der Waals surface area (Å²) < 4.78 is 9.78. The molecule has 2 saturated carbocycles. The molecular weight excluding hydrogens is 324 g/mol. The van der Waals surface area contributed by atoms with Gasteiger partial charge in [-0.1, -0.05) is 79.6 Å². The van der Waals surface area contributed by atoms with E-state index in [0.717, 1.165) is 24.9 Å². The molecule has 0 aromatic rings. The molecule has 0 amide bonds. The molecule has 2 heterocycles. The van der Waals surface area contributed by atoms with Gasteiger partial charge in [0, 0.05) is 6.61 Å². The number of rotatable bonds is 0. The molecule has 26 heavy (non-hydrogen) atoms. The summed E-state index contributed by atoms with van der Waals surface area (Å²) in [6.45, 7) is 10.3. The Balaban J connectivity index is 0.000000317. The number of carbonyl (C=O) groups excluding carboxylic acids is 1. The number of hydrogen-bond donors (Lipinski definition) is 0. The fraction of sp³-hybridized carbons (Fsp3) is 0.957. The van der Waals surface area contributed by atoms with Crippen molar-refractivity contribution in [2.75, 3.05) is 13.2 Å². The number of ether oxygens (including phenoxy) is 2. The molecule has 0 spiro atoms. The van der Waals surface area contributed by atoms with Crippen LogP contribution < -0.4 is 0 Å². The highest BCUT2D eigenvalue weighted by atomic mass is 16.5. The Hall–Kier alpha value is -0.570. The molecule has 3 nitrogen and oxygen atoms in total. The Morgan fingerprint density at radius 3 is 1.31 bits per heavy atom. The first-order chi connectivity index (χ1) is 12.0. The molecule has 0 radical (unpaired) electrons. The lowest BCUT2D eigenvalue weighted by molar-refractivity contribution is -0.140. The molecule has 2 aliphatic heterocycles. The third-order valence-electron chi connectivity index (χ3n) is 5.64. The molecule has 0 bridgehead atoms. The van der Waals surface area contributed by atoms with Gasteiger partial charge in [-0.3, -0.25) is 4.79 Å². The van der Waals surface area contributed by atoms with E-state index in [1.165, 1.54) is 64.2 Å². The summed E-state index contributed by atoms with van der Waals surface area (Å²) in [5.41, 5.74) is 0. The molecule has 3 heteroatoms. The van der Waals surface area contributed by atoms with Crippen molar-refractivity contribution in [1.82, 2.24) is 0 Å². The van der Waals surface area contributed by atoms with Crippen molar-refractivity contribution < 1.29 is 14.3 Å². The summed E-state index contributed by atoms with van der Waals surface area (Å²) in [6, 6.07) is 0. The fourth-order valence-corrected chi connectivity index (χ4v) is 3.59. The van der Waals surface area contributed by atoms with Crippen molar-refractivity contribution in [2.45, 2.75) is 112 Å². The zero-order valence-electron chi connectivity index (χ0n) is 17.2. The summed E-state index contributed by atoms with van der Waals surface area (Å²) in [5.74, 6) is 2.20. The summed E-state index contributed by atoms with van der Waals surface area (Å²) >= 11 is 0. The highest BCUT2D eigenvalue weighted by Gasteiger charge is 2.20. The van der Waals surface area contributed by atoms with Crippen molar-refractivity contribution in [2.24, 2.45) is 17.8 Å². The molecule has 4 fully saturated rings. The Morgan fingerprint density at radius 1 is 0.692 bits per heavy atom. The van der Waals surface area contributed by atoms with E-state index in [2.05, 4.69) is 25.5 Å². The van der Waals surface area contributed by atoms with Gasteiger partial charge in [0.15, 0.2) is 0 Å². The molecule has 0 N–H and O–H groups in total. The van der Waals surface area contributed by atoms with Crippen LogP contribution in [0.5, 0.6) is 0 Å². The van der Waals surface area contributed by atoms with Gasteiger partial charge in [-0.05, 0) is 38.0 Å². The van der Waals surface area contributed by atoms with Crippen LogP contribution >= 0.6 is 0 Å². The Labute approximate surface area is 163 Å². The van der Waals surface area contributed by atoms with Crippen LogP contribution in [-0.4, -0.2) is 25.3 Å². The lowest BCUT2D eigenvalue weighted by atomic mass is 10.2. The molecule has 4 rings (SSSR count). The van der Waals surface area contributed by atoms with Gasteiger partial charge in [0.1, 0.15) is 0 Å². The van der Waals surface area contributed by atoms with Crippen molar-refractivity contribution in [3.63, 3.8) is 0 Å². The summed E-state index contributed by atoms with van der Waals surface area (Å²) in [5, 5.41) is 0. The Bertz CT molecular complexity index is 291. The van der Waals surface area contributed by atoms with Crippen LogP contribution in [0.4, 0.5) is 0 Å². The molecule has 0 aromatic heterocycles. The first-order valence-corrected chi connectivity index (χ1v) is 10.8. The SMILES string of the molecule is C.CC1CCCC1.CC1CCCC1.CC1CCCO1.CC1CCOC1=O. The minimum absolute atomic E-state index is 0. The van der Waals surface area contributed by atoms with E-state index in [4.69, 9.17) is 4.74 Å². The maximum atomic E-state index is 10.4. The van der Waals surface area contributed by atoms with E-state index in [0.29, 0.717) is 12.7 Å². The van der Waals surface area contributed by atoms with E-state index in [1.54, 1.807) is 0 Å². The van der Waals surface area contributed by atoms with E-state index in [9.17, 15) is 4.79 Å². The Morgan fingerprint density at radius 2 is 1.19 bits per heavy atom. The summed E-state index contributed by atoms with van der Waals surface area (Å²) in [6.07, 6.45) is 15.9. The van der Waals surface area contributed by atoms with Crippen LogP contribution in [0.15, 0.2) is 0 Å². The smallest absolute Gasteiger partial charge is 0.308 e. The summed E-state index contributed by atoms with van der Waals surface area (Å²) in [7, 11) is 0. The number of hydrogen-bond acceptors (Lipinski definition) is 3. The number of esters is 1. The minimum Gasteiger partial charge on any atom is -0.465 e. The van der Waals surface area contributed by atoms with E-state index >= 15 is 0 Å². The topological polar surface area (TPSA) is 35.5 Å². The van der Waals surface area contributed by atoms with Gasteiger partial charge >= 0.3 is 5.97 Å². The zero-order chi connectivity index (χ0) is 18.5. The van der Waals surface area contributed by atoms with Gasteiger partial charge in [0.25, 0.3) is 0 Å². The van der Waals surface area contributed by atoms with Crippen molar-refractivity contribution in [3.05, 3.63) is 0 Å². The van der Waals surface area contributed by atoms with E-state index in [-0.39, 0.29) is 19.3 Å². The second kappa shape index (κ2) is 15.5. The highest BCUT2D eigenvalue weighted by Crippen LogP contribution is 2.23. The third-order valence-corrected chi connectivity index (χ3v) is 5.64. The molecular formula is C23H46O3. The van der Waals surface area contributed by atoms with Gasteiger partial charge < -0.3 is 9.47 Å². The number of cyclic esters (lactones) is 1. The van der Waals surface area contributed by atoms with Crippen molar-refractivity contribution in [3.8, 4) is 0 Å². The maximum absolute atomic E-state index is 10.4. The molecule has 156 valence electrons. The average Bonchev–Trinajstić information content (AvgIpc) is 3.36. The predicted molar refractivity (Wildman–Crippen MR) is 111 cm³/mol. The molecule has 2 aliphatic carbocycles. The lowest BCUT2D eigenvalue weighted by Gasteiger charge is -1.94. The Kier molecular flexibility index (Phi) is 15.1.